The molecule has 0 radical (unpaired) electrons. The van der Waals surface area contributed by atoms with Crippen molar-refractivity contribution >= 4 is 17.5 Å². The van der Waals surface area contributed by atoms with E-state index in [9.17, 15) is 4.79 Å². The van der Waals surface area contributed by atoms with Crippen molar-refractivity contribution in [3.8, 4) is 5.75 Å². The minimum Gasteiger partial charge on any atom is -0.481 e. The van der Waals surface area contributed by atoms with Crippen LogP contribution in [0, 0.1) is 5.92 Å². The summed E-state index contributed by atoms with van der Waals surface area (Å²) in [6.45, 7) is 4.02. The molecule has 2 atom stereocenters. The number of halogens is 1. The fourth-order valence-corrected chi connectivity index (χ4v) is 2.87. The fraction of sp³-hybridized carbons (Fsp3) is 0.562. The molecule has 0 aromatic heterocycles. The van der Waals surface area contributed by atoms with Crippen LogP contribution >= 0.6 is 11.6 Å². The van der Waals surface area contributed by atoms with Gasteiger partial charge in [0.25, 0.3) is 5.91 Å². The molecule has 0 bridgehead atoms. The smallest absolute Gasteiger partial charge is 0.263 e. The number of amides is 1. The number of likely N-dealkylation sites (tertiary alicyclic amines) is 1. The highest BCUT2D eigenvalue weighted by molar-refractivity contribution is 6.30. The lowest BCUT2D eigenvalue weighted by atomic mass is 9.98. The second-order valence-electron chi connectivity index (χ2n) is 5.47. The van der Waals surface area contributed by atoms with E-state index in [-0.39, 0.29) is 5.91 Å². The Morgan fingerprint density at radius 3 is 3.05 bits per heavy atom. The van der Waals surface area contributed by atoms with Crippen molar-refractivity contribution in [1.29, 1.82) is 0 Å². The molecule has 0 unspecified atom stereocenters. The summed E-state index contributed by atoms with van der Waals surface area (Å²) in [6.07, 6.45) is 1.62. The SMILES string of the molecule is COC[C@H]1CCCN(C(=O)[C@H](C)Oc2cccc(Cl)c2)C1. The molecule has 1 aliphatic rings. The molecule has 0 spiro atoms. The second-order valence-corrected chi connectivity index (χ2v) is 5.90. The molecule has 0 saturated carbocycles. The van der Waals surface area contributed by atoms with Crippen LogP contribution in [-0.2, 0) is 9.53 Å². The number of carbonyl (C=O) groups is 1. The molecule has 1 aromatic carbocycles. The molecule has 2 rings (SSSR count). The first-order valence-electron chi connectivity index (χ1n) is 7.30. The number of nitrogens with zero attached hydrogens (tertiary/aromatic N) is 1. The van der Waals surface area contributed by atoms with Crippen molar-refractivity contribution in [2.45, 2.75) is 25.9 Å². The van der Waals surface area contributed by atoms with Gasteiger partial charge >= 0.3 is 0 Å². The standard InChI is InChI=1S/C16H22ClNO3/c1-12(21-15-7-3-6-14(17)9-15)16(19)18-8-4-5-13(10-18)11-20-2/h3,6-7,9,12-13H,4-5,8,10-11H2,1-2H3/t12-,13-/m0/s1. The molecular weight excluding hydrogens is 290 g/mol. The van der Waals surface area contributed by atoms with Crippen molar-refractivity contribution in [3.05, 3.63) is 29.3 Å². The van der Waals surface area contributed by atoms with Gasteiger partial charge in [0.1, 0.15) is 5.75 Å². The first-order valence-corrected chi connectivity index (χ1v) is 7.68. The molecule has 1 aromatic rings. The van der Waals surface area contributed by atoms with E-state index in [2.05, 4.69) is 0 Å². The summed E-state index contributed by atoms with van der Waals surface area (Å²) in [5.74, 6) is 1.07. The van der Waals surface area contributed by atoms with Crippen LogP contribution in [0.25, 0.3) is 0 Å². The second kappa shape index (κ2) is 7.66. The summed E-state index contributed by atoms with van der Waals surface area (Å²) in [7, 11) is 1.70. The van der Waals surface area contributed by atoms with Crippen molar-refractivity contribution in [2.24, 2.45) is 5.92 Å². The largest absolute Gasteiger partial charge is 0.481 e. The van der Waals surface area contributed by atoms with Crippen LogP contribution in [0.5, 0.6) is 5.75 Å². The third kappa shape index (κ3) is 4.61. The van der Waals surface area contributed by atoms with Crippen LogP contribution in [0.15, 0.2) is 24.3 Å². The Hall–Kier alpha value is -1.26. The van der Waals surface area contributed by atoms with Crippen LogP contribution in [0.4, 0.5) is 0 Å². The zero-order valence-corrected chi connectivity index (χ0v) is 13.3. The molecule has 1 heterocycles. The number of ether oxygens (including phenoxy) is 2. The molecule has 0 aliphatic carbocycles. The number of carbonyl (C=O) groups excluding carboxylic acids is 1. The molecular formula is C16H22ClNO3. The van der Waals surface area contributed by atoms with Crippen molar-refractivity contribution in [2.75, 3.05) is 26.8 Å². The van der Waals surface area contributed by atoms with Crippen LogP contribution in [0.3, 0.4) is 0 Å². The molecule has 1 saturated heterocycles. The Morgan fingerprint density at radius 1 is 1.52 bits per heavy atom. The predicted octanol–water partition coefficient (Wildman–Crippen LogP) is 2.99. The maximum absolute atomic E-state index is 12.5. The Balaban J connectivity index is 1.92. The number of rotatable bonds is 5. The van der Waals surface area contributed by atoms with E-state index in [4.69, 9.17) is 21.1 Å². The molecule has 5 heteroatoms. The molecule has 0 N–H and O–H groups in total. The normalized spacial score (nSPS) is 20.1. The van der Waals surface area contributed by atoms with Gasteiger partial charge < -0.3 is 14.4 Å². The summed E-state index contributed by atoms with van der Waals surface area (Å²) in [6, 6.07) is 7.11. The first-order chi connectivity index (χ1) is 10.1. The van der Waals surface area contributed by atoms with Gasteiger partial charge in [-0.15, -0.1) is 0 Å². The van der Waals surface area contributed by atoms with Gasteiger partial charge in [0, 0.05) is 25.2 Å². The fourth-order valence-electron chi connectivity index (χ4n) is 2.69. The van der Waals surface area contributed by atoms with Gasteiger partial charge in [0.15, 0.2) is 6.10 Å². The summed E-state index contributed by atoms with van der Waals surface area (Å²) >= 11 is 5.92. The van der Waals surface area contributed by atoms with E-state index in [1.54, 1.807) is 32.2 Å². The van der Waals surface area contributed by atoms with Crippen LogP contribution in [0.1, 0.15) is 19.8 Å². The van der Waals surface area contributed by atoms with Gasteiger partial charge in [0.05, 0.1) is 6.61 Å². The van der Waals surface area contributed by atoms with E-state index in [0.29, 0.717) is 23.3 Å². The molecule has 1 aliphatic heterocycles. The monoisotopic (exact) mass is 311 g/mol. The number of hydrogen-bond acceptors (Lipinski definition) is 3. The summed E-state index contributed by atoms with van der Waals surface area (Å²) in [5.41, 5.74) is 0. The van der Waals surface area contributed by atoms with Crippen molar-refractivity contribution in [3.63, 3.8) is 0 Å². The Bertz CT molecular complexity index is 478. The highest BCUT2D eigenvalue weighted by Crippen LogP contribution is 2.21. The van der Waals surface area contributed by atoms with Gasteiger partial charge in [-0.1, -0.05) is 17.7 Å². The van der Waals surface area contributed by atoms with E-state index in [1.165, 1.54) is 0 Å². The lowest BCUT2D eigenvalue weighted by Gasteiger charge is -2.34. The van der Waals surface area contributed by atoms with Crippen molar-refractivity contribution in [1.82, 2.24) is 4.90 Å². The Labute approximate surface area is 131 Å². The minimum absolute atomic E-state index is 0.0239. The van der Waals surface area contributed by atoms with Gasteiger partial charge in [-0.05, 0) is 43.9 Å². The zero-order chi connectivity index (χ0) is 15.2. The Kier molecular flexibility index (Phi) is 5.88. The maximum atomic E-state index is 12.5. The Morgan fingerprint density at radius 2 is 2.33 bits per heavy atom. The predicted molar refractivity (Wildman–Crippen MR) is 82.7 cm³/mol. The van der Waals surface area contributed by atoms with Gasteiger partial charge in [-0.25, -0.2) is 0 Å². The minimum atomic E-state index is -0.509. The molecule has 1 fully saturated rings. The number of piperidine rings is 1. The van der Waals surface area contributed by atoms with Crippen LogP contribution in [-0.4, -0.2) is 43.7 Å². The third-order valence-corrected chi connectivity index (χ3v) is 3.92. The average Bonchev–Trinajstić information content (AvgIpc) is 2.47. The van der Waals surface area contributed by atoms with Gasteiger partial charge in [-0.3, -0.25) is 4.79 Å². The molecule has 116 valence electrons. The van der Waals surface area contributed by atoms with E-state index in [0.717, 1.165) is 25.9 Å². The van der Waals surface area contributed by atoms with Gasteiger partial charge in [0.2, 0.25) is 0 Å². The van der Waals surface area contributed by atoms with Crippen LogP contribution < -0.4 is 4.74 Å². The van der Waals surface area contributed by atoms with Crippen molar-refractivity contribution < 1.29 is 14.3 Å². The number of benzene rings is 1. The highest BCUT2D eigenvalue weighted by Gasteiger charge is 2.27. The highest BCUT2D eigenvalue weighted by atomic mass is 35.5. The summed E-state index contributed by atoms with van der Waals surface area (Å²) in [5, 5.41) is 0.602. The third-order valence-electron chi connectivity index (χ3n) is 3.69. The number of methoxy groups -OCH3 is 1. The van der Waals surface area contributed by atoms with E-state index >= 15 is 0 Å². The quantitative estimate of drug-likeness (QED) is 0.839. The average molecular weight is 312 g/mol. The lowest BCUT2D eigenvalue weighted by molar-refractivity contribution is -0.140. The van der Waals surface area contributed by atoms with E-state index < -0.39 is 6.10 Å². The number of hydrogen-bond donors (Lipinski definition) is 0. The van der Waals surface area contributed by atoms with Gasteiger partial charge in [-0.2, -0.15) is 0 Å². The molecule has 1 amide bonds. The molecule has 21 heavy (non-hydrogen) atoms. The summed E-state index contributed by atoms with van der Waals surface area (Å²) < 4.78 is 10.9. The lowest BCUT2D eigenvalue weighted by Crippen LogP contribution is -2.46. The maximum Gasteiger partial charge on any atom is 0.263 e. The molecule has 4 nitrogen and oxygen atoms in total. The van der Waals surface area contributed by atoms with Crippen LogP contribution in [0.2, 0.25) is 5.02 Å². The summed E-state index contributed by atoms with van der Waals surface area (Å²) in [4.78, 5) is 14.3. The topological polar surface area (TPSA) is 38.8 Å². The first kappa shape index (κ1) is 16.1. The van der Waals surface area contributed by atoms with E-state index in [1.807, 2.05) is 11.0 Å². The zero-order valence-electron chi connectivity index (χ0n) is 12.5.